The number of aliphatic imine (C=N–C) groups is 1. The third-order valence-corrected chi connectivity index (χ3v) is 5.00. The van der Waals surface area contributed by atoms with Crippen molar-refractivity contribution < 1.29 is 8.78 Å². The first-order valence-electron chi connectivity index (χ1n) is 8.72. The largest absolute Gasteiger partial charge is 0.367 e. The fourth-order valence-corrected chi connectivity index (χ4v) is 3.58. The third-order valence-electron chi connectivity index (χ3n) is 5.00. The van der Waals surface area contributed by atoms with Gasteiger partial charge in [-0.2, -0.15) is 0 Å². The van der Waals surface area contributed by atoms with Gasteiger partial charge in [-0.15, -0.1) is 5.10 Å². The molecule has 1 aliphatic heterocycles. The van der Waals surface area contributed by atoms with E-state index in [1.807, 2.05) is 19.9 Å². The predicted octanol–water partition coefficient (Wildman–Crippen LogP) is 3.32. The minimum absolute atomic E-state index is 0.0648. The molecule has 0 aromatic carbocycles. The van der Waals surface area contributed by atoms with Crippen LogP contribution in [0.15, 0.2) is 29.6 Å². The molecule has 2 N–H and O–H groups in total. The fourth-order valence-electron chi connectivity index (χ4n) is 3.58. The molecular weight excluding hydrogens is 352 g/mol. The van der Waals surface area contributed by atoms with E-state index < -0.39 is 6.43 Å². The maximum Gasteiger partial charge on any atom is 0.238 e. The molecule has 27 heavy (non-hydrogen) atoms. The summed E-state index contributed by atoms with van der Waals surface area (Å²) in [7, 11) is 0. The Morgan fingerprint density at radius 3 is 2.89 bits per heavy atom. The second-order valence-corrected chi connectivity index (χ2v) is 6.87. The van der Waals surface area contributed by atoms with Gasteiger partial charge in [-0.1, -0.05) is 6.92 Å². The van der Waals surface area contributed by atoms with Gasteiger partial charge in [-0.3, -0.25) is 0 Å². The maximum absolute atomic E-state index is 12.8. The van der Waals surface area contributed by atoms with E-state index in [9.17, 15) is 8.78 Å². The lowest BCUT2D eigenvalue weighted by Crippen LogP contribution is -2.27. The summed E-state index contributed by atoms with van der Waals surface area (Å²) in [5.74, 6) is 0.492. The fraction of sp³-hybridized carbons (Fsp3) is 0.389. The van der Waals surface area contributed by atoms with Gasteiger partial charge in [0.05, 0.1) is 29.3 Å². The molecule has 1 aliphatic rings. The van der Waals surface area contributed by atoms with Gasteiger partial charge in [0.15, 0.2) is 5.82 Å². The zero-order valence-corrected chi connectivity index (χ0v) is 15.0. The van der Waals surface area contributed by atoms with Crippen molar-refractivity contribution in [3.8, 4) is 11.3 Å². The average molecular weight is 371 g/mol. The molecule has 4 rings (SSSR count). The molecule has 0 saturated carbocycles. The van der Waals surface area contributed by atoms with E-state index in [2.05, 4.69) is 20.1 Å². The Morgan fingerprint density at radius 2 is 2.11 bits per heavy atom. The van der Waals surface area contributed by atoms with Gasteiger partial charge in [0.1, 0.15) is 0 Å². The summed E-state index contributed by atoms with van der Waals surface area (Å²) in [4.78, 5) is 17.7. The van der Waals surface area contributed by atoms with Crippen molar-refractivity contribution in [2.75, 3.05) is 5.73 Å². The highest BCUT2D eigenvalue weighted by Gasteiger charge is 2.29. The zero-order valence-electron chi connectivity index (χ0n) is 15.0. The van der Waals surface area contributed by atoms with Crippen LogP contribution in [0.5, 0.6) is 0 Å². The lowest BCUT2D eigenvalue weighted by atomic mass is 9.82. The first-order chi connectivity index (χ1) is 12.9. The second-order valence-electron chi connectivity index (χ2n) is 6.87. The van der Waals surface area contributed by atoms with E-state index in [1.165, 1.54) is 0 Å². The number of rotatable bonds is 4. The number of hydrogen-bond acceptors (Lipinski definition) is 6. The molecule has 0 fully saturated rings. The van der Waals surface area contributed by atoms with Crippen molar-refractivity contribution in [3.63, 3.8) is 0 Å². The summed E-state index contributed by atoms with van der Waals surface area (Å²) in [6, 6.07) is 1.87. The lowest BCUT2D eigenvalue weighted by molar-refractivity contribution is 0.110. The minimum Gasteiger partial charge on any atom is -0.367 e. The smallest absolute Gasteiger partial charge is 0.238 e. The molecule has 0 radical (unpaired) electrons. The Morgan fingerprint density at radius 1 is 1.30 bits per heavy atom. The normalized spacial score (nSPS) is 17.8. The number of nitrogens with two attached hydrogens (primary N) is 1. The number of halogens is 2. The van der Waals surface area contributed by atoms with Crippen molar-refractivity contribution in [2.24, 2.45) is 16.8 Å². The number of hydrogen-bond donors (Lipinski definition) is 1. The number of nitrogens with zero attached hydrogens (tertiary/aromatic N) is 6. The molecular formula is C18H19F2N7. The summed E-state index contributed by atoms with van der Waals surface area (Å²) in [5, 5.41) is 4.12. The van der Waals surface area contributed by atoms with Crippen LogP contribution in [0.4, 0.5) is 20.5 Å². The van der Waals surface area contributed by atoms with Gasteiger partial charge in [0.25, 0.3) is 0 Å². The summed E-state index contributed by atoms with van der Waals surface area (Å²) < 4.78 is 27.2. The number of anilines is 1. The van der Waals surface area contributed by atoms with E-state index in [0.717, 1.165) is 22.5 Å². The molecule has 2 atom stereocenters. The van der Waals surface area contributed by atoms with Crippen LogP contribution in [0, 0.1) is 11.8 Å². The van der Waals surface area contributed by atoms with E-state index in [1.54, 1.807) is 23.1 Å². The monoisotopic (exact) mass is 371 g/mol. The summed E-state index contributed by atoms with van der Waals surface area (Å²) in [6.45, 7) is 3.70. The number of nitrogen functional groups attached to an aromatic ring is 1. The van der Waals surface area contributed by atoms with Crippen LogP contribution in [-0.2, 0) is 6.42 Å². The number of aromatic nitrogens is 5. The summed E-state index contributed by atoms with van der Waals surface area (Å²) in [6.07, 6.45) is 3.14. The topological polar surface area (TPSA) is 94.3 Å². The van der Waals surface area contributed by atoms with Gasteiger partial charge in [-0.05, 0) is 18.9 Å². The van der Waals surface area contributed by atoms with Gasteiger partial charge in [-0.25, -0.2) is 33.2 Å². The molecule has 3 aromatic heterocycles. The maximum atomic E-state index is 12.8. The predicted molar refractivity (Wildman–Crippen MR) is 98.2 cm³/mol. The number of fused-ring (bicyclic) bond motifs is 2. The second kappa shape index (κ2) is 6.64. The highest BCUT2D eigenvalue weighted by molar-refractivity contribution is 5.89. The third kappa shape index (κ3) is 3.24. The molecule has 140 valence electrons. The van der Waals surface area contributed by atoms with Crippen LogP contribution >= 0.6 is 0 Å². The van der Waals surface area contributed by atoms with Crippen LogP contribution in [-0.4, -0.2) is 36.7 Å². The van der Waals surface area contributed by atoms with Gasteiger partial charge < -0.3 is 5.73 Å². The lowest BCUT2D eigenvalue weighted by Gasteiger charge is -2.27. The molecule has 7 nitrogen and oxygen atoms in total. The van der Waals surface area contributed by atoms with E-state index in [-0.39, 0.29) is 24.2 Å². The van der Waals surface area contributed by atoms with E-state index in [0.29, 0.717) is 17.9 Å². The van der Waals surface area contributed by atoms with Crippen LogP contribution in [0.3, 0.4) is 0 Å². The van der Waals surface area contributed by atoms with Gasteiger partial charge in [0.2, 0.25) is 12.4 Å². The Balaban J connectivity index is 1.70. The SMILES string of the molecule is CC1=Nc2ncc(-c3ccn4nc(N)ncc34)nc2C[C@@H]1[C@H](C)CC(F)F. The zero-order chi connectivity index (χ0) is 19.1. The molecule has 0 amide bonds. The van der Waals surface area contributed by atoms with Crippen LogP contribution in [0.1, 0.15) is 26.0 Å². The van der Waals surface area contributed by atoms with Crippen LogP contribution < -0.4 is 5.73 Å². The van der Waals surface area contributed by atoms with Crippen molar-refractivity contribution >= 4 is 23.0 Å². The van der Waals surface area contributed by atoms with Crippen molar-refractivity contribution in [3.05, 3.63) is 30.4 Å². The molecule has 3 aromatic rings. The Bertz CT molecular complexity index is 1030. The first kappa shape index (κ1) is 17.4. The number of alkyl halides is 2. The Kier molecular flexibility index (Phi) is 4.29. The molecule has 0 spiro atoms. The van der Waals surface area contributed by atoms with E-state index in [4.69, 9.17) is 10.7 Å². The van der Waals surface area contributed by atoms with Crippen molar-refractivity contribution in [2.45, 2.75) is 33.1 Å². The summed E-state index contributed by atoms with van der Waals surface area (Å²) in [5.41, 5.74) is 9.42. The first-order valence-corrected chi connectivity index (χ1v) is 8.72. The molecule has 4 heterocycles. The standard InChI is InChI=1S/C18H19F2N7/c1-9(5-16(19)20)12-6-13-17(24-10(12)2)22-7-14(25-13)11-3-4-27-15(11)8-23-18(21)26-27/h3-4,7-9,12,16H,5-6H2,1-2H3,(H2,21,26)/t9-,12-/m1/s1. The van der Waals surface area contributed by atoms with Crippen LogP contribution in [0.25, 0.3) is 16.8 Å². The van der Waals surface area contributed by atoms with Crippen LogP contribution in [0.2, 0.25) is 0 Å². The molecule has 0 bridgehead atoms. The quantitative estimate of drug-likeness (QED) is 0.759. The summed E-state index contributed by atoms with van der Waals surface area (Å²) >= 11 is 0. The highest BCUT2D eigenvalue weighted by Crippen LogP contribution is 2.33. The minimum atomic E-state index is -2.33. The highest BCUT2D eigenvalue weighted by atomic mass is 19.3. The molecule has 9 heteroatoms. The molecule has 0 aliphatic carbocycles. The van der Waals surface area contributed by atoms with Crippen molar-refractivity contribution in [1.82, 2.24) is 24.6 Å². The molecule has 0 unspecified atom stereocenters. The Labute approximate surface area is 154 Å². The van der Waals surface area contributed by atoms with Gasteiger partial charge in [0, 0.05) is 36.2 Å². The van der Waals surface area contributed by atoms with Crippen molar-refractivity contribution in [1.29, 1.82) is 0 Å². The molecule has 0 saturated heterocycles. The van der Waals surface area contributed by atoms with Gasteiger partial charge >= 0.3 is 0 Å². The Hall–Kier alpha value is -2.97. The average Bonchev–Trinajstić information content (AvgIpc) is 3.03. The van der Waals surface area contributed by atoms with E-state index >= 15 is 0 Å².